The lowest BCUT2D eigenvalue weighted by molar-refractivity contribution is 0.487. The van der Waals surface area contributed by atoms with Gasteiger partial charge in [-0.25, -0.2) is 4.98 Å². The van der Waals surface area contributed by atoms with Crippen molar-refractivity contribution in [3.63, 3.8) is 0 Å². The van der Waals surface area contributed by atoms with Crippen molar-refractivity contribution in [3.8, 4) is 0 Å². The Morgan fingerprint density at radius 3 is 2.79 bits per heavy atom. The lowest BCUT2D eigenvalue weighted by Crippen LogP contribution is -2.40. The predicted molar refractivity (Wildman–Crippen MR) is 107 cm³/mol. The molecule has 0 unspecified atom stereocenters. The molecule has 0 aliphatic carbocycles. The second-order valence-corrected chi connectivity index (χ2v) is 8.02. The number of thiazole rings is 1. The zero-order valence-corrected chi connectivity index (χ0v) is 16.8. The molecule has 0 atom stereocenters. The van der Waals surface area contributed by atoms with Gasteiger partial charge in [-0.05, 0) is 38.1 Å². The summed E-state index contributed by atoms with van der Waals surface area (Å²) in [4.78, 5) is 14.5. The first-order chi connectivity index (χ1) is 11.6. The standard InChI is InChI=1S/C18H28N4S2/c1-5-16-14(3)24-17(21-16)9-11-20-18(19-6-2)22(4)12-10-15-8-7-13-23-15/h7-8,13H,5-6,9-12H2,1-4H3,(H,19,20). The summed E-state index contributed by atoms with van der Waals surface area (Å²) in [6.07, 6.45) is 2.99. The Morgan fingerprint density at radius 1 is 1.33 bits per heavy atom. The van der Waals surface area contributed by atoms with E-state index in [9.17, 15) is 0 Å². The van der Waals surface area contributed by atoms with Crippen LogP contribution in [0.25, 0.3) is 0 Å². The van der Waals surface area contributed by atoms with Gasteiger partial charge in [-0.15, -0.1) is 22.7 Å². The van der Waals surface area contributed by atoms with E-state index in [2.05, 4.69) is 55.5 Å². The topological polar surface area (TPSA) is 40.5 Å². The Morgan fingerprint density at radius 2 is 2.17 bits per heavy atom. The van der Waals surface area contributed by atoms with E-state index in [1.165, 1.54) is 20.5 Å². The lowest BCUT2D eigenvalue weighted by atomic mass is 10.3. The minimum Gasteiger partial charge on any atom is -0.357 e. The van der Waals surface area contributed by atoms with E-state index in [0.717, 1.165) is 44.9 Å². The van der Waals surface area contributed by atoms with E-state index in [0.29, 0.717) is 0 Å². The molecule has 0 bridgehead atoms. The molecule has 0 amide bonds. The molecule has 0 radical (unpaired) electrons. The van der Waals surface area contributed by atoms with E-state index < -0.39 is 0 Å². The average Bonchev–Trinajstić information content (AvgIpc) is 3.21. The van der Waals surface area contributed by atoms with E-state index >= 15 is 0 Å². The summed E-state index contributed by atoms with van der Waals surface area (Å²) in [7, 11) is 2.11. The largest absolute Gasteiger partial charge is 0.357 e. The highest BCUT2D eigenvalue weighted by molar-refractivity contribution is 7.11. The highest BCUT2D eigenvalue weighted by Gasteiger charge is 2.08. The van der Waals surface area contributed by atoms with Gasteiger partial charge < -0.3 is 10.2 Å². The smallest absolute Gasteiger partial charge is 0.193 e. The number of likely N-dealkylation sites (N-methyl/N-ethyl adjacent to an activating group) is 1. The predicted octanol–water partition coefficient (Wildman–Crippen LogP) is 3.76. The summed E-state index contributed by atoms with van der Waals surface area (Å²) in [5.41, 5.74) is 1.24. The monoisotopic (exact) mass is 364 g/mol. The van der Waals surface area contributed by atoms with Crippen LogP contribution in [0.2, 0.25) is 0 Å². The number of aromatic nitrogens is 1. The van der Waals surface area contributed by atoms with Gasteiger partial charge in [0.25, 0.3) is 0 Å². The minimum atomic E-state index is 0.780. The molecule has 0 aliphatic heterocycles. The van der Waals surface area contributed by atoms with E-state index in [1.807, 2.05) is 22.7 Å². The Balaban J connectivity index is 1.88. The Kier molecular flexibility index (Phi) is 7.72. The fourth-order valence-electron chi connectivity index (χ4n) is 2.49. The molecule has 0 saturated heterocycles. The van der Waals surface area contributed by atoms with Crippen molar-refractivity contribution in [1.29, 1.82) is 0 Å². The fourth-order valence-corrected chi connectivity index (χ4v) is 4.20. The maximum Gasteiger partial charge on any atom is 0.193 e. The summed E-state index contributed by atoms with van der Waals surface area (Å²) in [6.45, 7) is 9.07. The Hall–Kier alpha value is -1.40. The zero-order valence-electron chi connectivity index (χ0n) is 15.1. The third kappa shape index (κ3) is 5.60. The van der Waals surface area contributed by atoms with Crippen molar-refractivity contribution in [1.82, 2.24) is 15.2 Å². The molecule has 2 aromatic heterocycles. The molecule has 0 aliphatic rings. The van der Waals surface area contributed by atoms with Crippen molar-refractivity contribution in [3.05, 3.63) is 38.0 Å². The van der Waals surface area contributed by atoms with Crippen LogP contribution in [0.15, 0.2) is 22.5 Å². The normalized spacial score (nSPS) is 11.8. The van der Waals surface area contributed by atoms with Crippen molar-refractivity contribution in [2.24, 2.45) is 4.99 Å². The second-order valence-electron chi connectivity index (χ2n) is 5.70. The Bertz CT molecular complexity index is 631. The first-order valence-corrected chi connectivity index (χ1v) is 10.3. The summed E-state index contributed by atoms with van der Waals surface area (Å²) in [5.74, 6) is 0.984. The highest BCUT2D eigenvalue weighted by Crippen LogP contribution is 2.18. The summed E-state index contributed by atoms with van der Waals surface area (Å²) < 4.78 is 0. The summed E-state index contributed by atoms with van der Waals surface area (Å²) in [6, 6.07) is 4.30. The van der Waals surface area contributed by atoms with Crippen molar-refractivity contribution < 1.29 is 0 Å². The maximum atomic E-state index is 4.77. The SMILES string of the molecule is CCNC(=NCCc1nc(CC)c(C)s1)N(C)CCc1cccs1. The third-order valence-electron chi connectivity index (χ3n) is 3.83. The van der Waals surface area contributed by atoms with Crippen LogP contribution in [0.3, 0.4) is 0 Å². The minimum absolute atomic E-state index is 0.780. The molecule has 0 spiro atoms. The van der Waals surface area contributed by atoms with Crippen molar-refractivity contribution in [2.75, 3.05) is 26.7 Å². The number of guanidine groups is 1. The molecule has 2 rings (SSSR count). The molecule has 0 saturated carbocycles. The van der Waals surface area contributed by atoms with Crippen LogP contribution in [-0.2, 0) is 19.3 Å². The number of hydrogen-bond acceptors (Lipinski definition) is 4. The first kappa shape index (κ1) is 18.9. The molecular weight excluding hydrogens is 336 g/mol. The van der Waals surface area contributed by atoms with E-state index in [1.54, 1.807) is 0 Å². The lowest BCUT2D eigenvalue weighted by Gasteiger charge is -2.21. The Labute approximate surface area is 153 Å². The maximum absolute atomic E-state index is 4.77. The van der Waals surface area contributed by atoms with Gasteiger partial charge in [-0.3, -0.25) is 4.99 Å². The van der Waals surface area contributed by atoms with Gasteiger partial charge in [0.2, 0.25) is 0 Å². The molecule has 24 heavy (non-hydrogen) atoms. The molecule has 0 aromatic carbocycles. The summed E-state index contributed by atoms with van der Waals surface area (Å²) >= 11 is 3.62. The van der Waals surface area contributed by atoms with Gasteiger partial charge in [0.1, 0.15) is 0 Å². The molecule has 132 valence electrons. The van der Waals surface area contributed by atoms with Crippen molar-refractivity contribution in [2.45, 2.75) is 40.0 Å². The van der Waals surface area contributed by atoms with Crippen LogP contribution < -0.4 is 5.32 Å². The van der Waals surface area contributed by atoms with E-state index in [4.69, 9.17) is 9.98 Å². The van der Waals surface area contributed by atoms with Gasteiger partial charge in [-0.1, -0.05) is 13.0 Å². The highest BCUT2D eigenvalue weighted by atomic mass is 32.1. The quantitative estimate of drug-likeness (QED) is 0.573. The van der Waals surface area contributed by atoms with Crippen LogP contribution in [0.4, 0.5) is 0 Å². The van der Waals surface area contributed by atoms with Gasteiger partial charge in [0, 0.05) is 42.9 Å². The molecule has 4 nitrogen and oxygen atoms in total. The van der Waals surface area contributed by atoms with Crippen LogP contribution in [0, 0.1) is 6.92 Å². The van der Waals surface area contributed by atoms with Gasteiger partial charge in [0.15, 0.2) is 5.96 Å². The number of aliphatic imine (C=N–C) groups is 1. The molecule has 0 fully saturated rings. The molecule has 6 heteroatoms. The fraction of sp³-hybridized carbons (Fsp3) is 0.556. The van der Waals surface area contributed by atoms with Crippen molar-refractivity contribution >= 4 is 28.6 Å². The number of aryl methyl sites for hydroxylation is 2. The van der Waals surface area contributed by atoms with Gasteiger partial charge >= 0.3 is 0 Å². The van der Waals surface area contributed by atoms with Gasteiger partial charge in [0.05, 0.1) is 10.7 Å². The third-order valence-corrected chi connectivity index (χ3v) is 5.84. The zero-order chi connectivity index (χ0) is 17.4. The number of nitrogens with zero attached hydrogens (tertiary/aromatic N) is 3. The van der Waals surface area contributed by atoms with Crippen LogP contribution in [-0.4, -0.2) is 42.5 Å². The number of thiophene rings is 1. The first-order valence-electron chi connectivity index (χ1n) is 8.61. The molecule has 1 N–H and O–H groups in total. The average molecular weight is 365 g/mol. The number of nitrogens with one attached hydrogen (secondary N) is 1. The second kappa shape index (κ2) is 9.79. The van der Waals surface area contributed by atoms with Crippen LogP contribution in [0.1, 0.15) is 34.3 Å². The number of rotatable bonds is 8. The van der Waals surface area contributed by atoms with E-state index in [-0.39, 0.29) is 0 Å². The molecule has 2 heterocycles. The van der Waals surface area contributed by atoms with Crippen LogP contribution in [0.5, 0.6) is 0 Å². The number of hydrogen-bond donors (Lipinski definition) is 1. The summed E-state index contributed by atoms with van der Waals surface area (Å²) in [5, 5.41) is 6.72. The van der Waals surface area contributed by atoms with Crippen LogP contribution >= 0.6 is 22.7 Å². The van der Waals surface area contributed by atoms with Gasteiger partial charge in [-0.2, -0.15) is 0 Å². The molecule has 2 aromatic rings. The molecular formula is C18H28N4S2.